The number of benzene rings is 1. The average Bonchev–Trinajstić information content (AvgIpc) is 2.86. The predicted molar refractivity (Wildman–Crippen MR) is 90.5 cm³/mol. The van der Waals surface area contributed by atoms with Crippen LogP contribution >= 0.6 is 11.8 Å². The maximum atomic E-state index is 11.9. The Hall–Kier alpha value is -1.00. The highest BCUT2D eigenvalue weighted by atomic mass is 32.2. The molecule has 0 aliphatic carbocycles. The van der Waals surface area contributed by atoms with Gasteiger partial charge in [0.2, 0.25) is 5.91 Å². The molecule has 0 radical (unpaired) electrons. The summed E-state index contributed by atoms with van der Waals surface area (Å²) in [4.78, 5) is 14.0. The number of nitrogens with zero attached hydrogens (tertiary/aromatic N) is 1. The standard InChI is InChI=1S/C17H26N2OS/c1-21-13-5-12-19-16(8-9-17(19)20)10-11-18-14-15-6-3-2-4-7-15/h2-4,6-7,16,18H,5,8-14H2,1H3/t16-/m0/s1. The largest absolute Gasteiger partial charge is 0.340 e. The van der Waals surface area contributed by atoms with Gasteiger partial charge in [-0.15, -0.1) is 0 Å². The van der Waals surface area contributed by atoms with Gasteiger partial charge in [0.05, 0.1) is 0 Å². The van der Waals surface area contributed by atoms with Crippen molar-refractivity contribution in [2.24, 2.45) is 0 Å². The molecule has 1 saturated heterocycles. The van der Waals surface area contributed by atoms with E-state index in [0.29, 0.717) is 11.9 Å². The van der Waals surface area contributed by atoms with Gasteiger partial charge in [0.25, 0.3) is 0 Å². The van der Waals surface area contributed by atoms with Crippen molar-refractivity contribution >= 4 is 17.7 Å². The Morgan fingerprint density at radius 1 is 1.33 bits per heavy atom. The van der Waals surface area contributed by atoms with Gasteiger partial charge in [-0.05, 0) is 43.4 Å². The molecule has 0 aromatic heterocycles. The van der Waals surface area contributed by atoms with Gasteiger partial charge < -0.3 is 10.2 Å². The van der Waals surface area contributed by atoms with Crippen LogP contribution in [0.4, 0.5) is 0 Å². The van der Waals surface area contributed by atoms with Crippen LogP contribution in [0.5, 0.6) is 0 Å². The van der Waals surface area contributed by atoms with E-state index in [0.717, 1.165) is 51.1 Å². The number of amides is 1. The average molecular weight is 306 g/mol. The zero-order valence-electron chi connectivity index (χ0n) is 12.9. The van der Waals surface area contributed by atoms with Crippen LogP contribution in [0.3, 0.4) is 0 Å². The number of carbonyl (C=O) groups excluding carboxylic acids is 1. The summed E-state index contributed by atoms with van der Waals surface area (Å²) in [6.45, 7) is 2.82. The minimum absolute atomic E-state index is 0.351. The molecule has 1 aliphatic heterocycles. The van der Waals surface area contributed by atoms with E-state index in [-0.39, 0.29) is 0 Å². The first-order valence-electron chi connectivity index (χ1n) is 7.84. The van der Waals surface area contributed by atoms with Crippen LogP contribution in [0.15, 0.2) is 30.3 Å². The second-order valence-corrected chi connectivity index (χ2v) is 6.56. The summed E-state index contributed by atoms with van der Waals surface area (Å²) in [6.07, 6.45) is 6.07. The number of carbonyl (C=O) groups is 1. The second kappa shape index (κ2) is 9.11. The summed E-state index contributed by atoms with van der Waals surface area (Å²) in [7, 11) is 0. The van der Waals surface area contributed by atoms with Crippen molar-refractivity contribution in [1.82, 2.24) is 10.2 Å². The third kappa shape index (κ3) is 5.36. The van der Waals surface area contributed by atoms with Crippen molar-refractivity contribution in [1.29, 1.82) is 0 Å². The number of likely N-dealkylation sites (tertiary alicyclic amines) is 1. The van der Waals surface area contributed by atoms with Gasteiger partial charge in [-0.2, -0.15) is 11.8 Å². The molecule has 1 amide bonds. The SMILES string of the molecule is CSCCCN1C(=O)CC[C@H]1CCNCc1ccccc1. The van der Waals surface area contributed by atoms with Gasteiger partial charge in [-0.3, -0.25) is 4.79 Å². The van der Waals surface area contributed by atoms with Crippen LogP contribution in [-0.4, -0.2) is 41.9 Å². The topological polar surface area (TPSA) is 32.3 Å². The molecule has 116 valence electrons. The van der Waals surface area contributed by atoms with E-state index in [2.05, 4.69) is 40.7 Å². The molecule has 1 fully saturated rings. The van der Waals surface area contributed by atoms with Gasteiger partial charge in [0.15, 0.2) is 0 Å². The van der Waals surface area contributed by atoms with E-state index in [1.807, 2.05) is 17.8 Å². The molecule has 1 atom stereocenters. The third-order valence-corrected chi connectivity index (χ3v) is 4.72. The smallest absolute Gasteiger partial charge is 0.222 e. The van der Waals surface area contributed by atoms with E-state index < -0.39 is 0 Å². The predicted octanol–water partition coefficient (Wildman–Crippen LogP) is 2.91. The molecule has 1 aromatic carbocycles. The van der Waals surface area contributed by atoms with Crippen LogP contribution < -0.4 is 5.32 Å². The van der Waals surface area contributed by atoms with E-state index in [1.54, 1.807) is 0 Å². The zero-order chi connectivity index (χ0) is 14.9. The van der Waals surface area contributed by atoms with E-state index in [1.165, 1.54) is 5.56 Å². The maximum Gasteiger partial charge on any atom is 0.222 e. The Balaban J connectivity index is 1.67. The maximum absolute atomic E-state index is 11.9. The molecule has 0 saturated carbocycles. The molecule has 0 unspecified atom stereocenters. The number of hydrogen-bond acceptors (Lipinski definition) is 3. The van der Waals surface area contributed by atoms with Crippen LogP contribution in [-0.2, 0) is 11.3 Å². The summed E-state index contributed by atoms with van der Waals surface area (Å²) in [5.41, 5.74) is 1.32. The number of rotatable bonds is 9. The van der Waals surface area contributed by atoms with Crippen molar-refractivity contribution in [2.45, 2.75) is 38.3 Å². The minimum Gasteiger partial charge on any atom is -0.340 e. The summed E-state index contributed by atoms with van der Waals surface area (Å²) in [6, 6.07) is 10.9. The van der Waals surface area contributed by atoms with Crippen LogP contribution in [0.1, 0.15) is 31.2 Å². The van der Waals surface area contributed by atoms with Crippen molar-refractivity contribution < 1.29 is 4.79 Å². The molecular formula is C17H26N2OS. The molecule has 3 nitrogen and oxygen atoms in total. The summed E-state index contributed by atoms with van der Waals surface area (Å²) in [5, 5.41) is 3.49. The van der Waals surface area contributed by atoms with Crippen molar-refractivity contribution in [3.05, 3.63) is 35.9 Å². The molecule has 0 bridgehead atoms. The summed E-state index contributed by atoms with van der Waals surface area (Å²) in [5.74, 6) is 1.49. The van der Waals surface area contributed by atoms with Crippen molar-refractivity contribution in [3.8, 4) is 0 Å². The Labute approximate surface area is 132 Å². The van der Waals surface area contributed by atoms with Crippen LogP contribution in [0.25, 0.3) is 0 Å². The minimum atomic E-state index is 0.351. The summed E-state index contributed by atoms with van der Waals surface area (Å²) < 4.78 is 0. The first kappa shape index (κ1) is 16.4. The second-order valence-electron chi connectivity index (χ2n) is 5.58. The molecule has 0 spiro atoms. The number of thioether (sulfide) groups is 1. The molecule has 4 heteroatoms. The molecular weight excluding hydrogens is 280 g/mol. The summed E-state index contributed by atoms with van der Waals surface area (Å²) >= 11 is 1.86. The quantitative estimate of drug-likeness (QED) is 0.712. The lowest BCUT2D eigenvalue weighted by Gasteiger charge is -2.25. The van der Waals surface area contributed by atoms with Gasteiger partial charge in [0.1, 0.15) is 0 Å². The first-order valence-corrected chi connectivity index (χ1v) is 9.23. The van der Waals surface area contributed by atoms with E-state index >= 15 is 0 Å². The Kier molecular flexibility index (Phi) is 7.10. The number of hydrogen-bond donors (Lipinski definition) is 1. The fraction of sp³-hybridized carbons (Fsp3) is 0.588. The third-order valence-electron chi connectivity index (χ3n) is 4.03. The van der Waals surface area contributed by atoms with Crippen molar-refractivity contribution in [2.75, 3.05) is 25.1 Å². The Morgan fingerprint density at radius 3 is 2.90 bits per heavy atom. The first-order chi connectivity index (χ1) is 10.3. The van der Waals surface area contributed by atoms with Crippen molar-refractivity contribution in [3.63, 3.8) is 0 Å². The molecule has 1 aliphatic rings. The lowest BCUT2D eigenvalue weighted by molar-refractivity contribution is -0.129. The van der Waals surface area contributed by atoms with Crippen LogP contribution in [0.2, 0.25) is 0 Å². The highest BCUT2D eigenvalue weighted by Gasteiger charge is 2.29. The molecule has 1 heterocycles. The lowest BCUT2D eigenvalue weighted by Crippen LogP contribution is -2.36. The highest BCUT2D eigenvalue weighted by Crippen LogP contribution is 2.21. The molecule has 21 heavy (non-hydrogen) atoms. The van der Waals surface area contributed by atoms with Crippen LogP contribution in [0, 0.1) is 0 Å². The fourth-order valence-corrected chi connectivity index (χ4v) is 3.29. The highest BCUT2D eigenvalue weighted by molar-refractivity contribution is 7.98. The van der Waals surface area contributed by atoms with Gasteiger partial charge in [-0.1, -0.05) is 30.3 Å². The molecule has 1 N–H and O–H groups in total. The lowest BCUT2D eigenvalue weighted by atomic mass is 10.1. The molecule has 2 rings (SSSR count). The molecule has 1 aromatic rings. The van der Waals surface area contributed by atoms with E-state index in [9.17, 15) is 4.79 Å². The van der Waals surface area contributed by atoms with E-state index in [4.69, 9.17) is 0 Å². The van der Waals surface area contributed by atoms with Gasteiger partial charge >= 0.3 is 0 Å². The normalized spacial score (nSPS) is 18.4. The van der Waals surface area contributed by atoms with Gasteiger partial charge in [0, 0.05) is 25.6 Å². The van der Waals surface area contributed by atoms with Gasteiger partial charge in [-0.25, -0.2) is 0 Å². The zero-order valence-corrected chi connectivity index (χ0v) is 13.7. The monoisotopic (exact) mass is 306 g/mol. The Morgan fingerprint density at radius 2 is 2.14 bits per heavy atom. The number of nitrogens with one attached hydrogen (secondary N) is 1. The fourth-order valence-electron chi connectivity index (χ4n) is 2.88. The Bertz CT molecular complexity index is 424.